The van der Waals surface area contributed by atoms with Crippen LogP contribution < -0.4 is 10.1 Å². The maximum atomic E-state index is 13.0. The molecule has 0 aliphatic heterocycles. The number of aryl methyl sites for hydroxylation is 3. The number of carbonyl (C=O) groups is 2. The van der Waals surface area contributed by atoms with Crippen molar-refractivity contribution in [1.29, 1.82) is 0 Å². The number of carbonyl (C=O) groups excluding carboxylic acids is 2. The summed E-state index contributed by atoms with van der Waals surface area (Å²) in [7, 11) is 1.61. The summed E-state index contributed by atoms with van der Waals surface area (Å²) >= 11 is 0. The summed E-state index contributed by atoms with van der Waals surface area (Å²) in [5.41, 5.74) is 6.26. The lowest BCUT2D eigenvalue weighted by molar-refractivity contribution is -0.119. The van der Waals surface area contributed by atoms with Crippen molar-refractivity contribution >= 4 is 28.5 Å². The normalized spacial score (nSPS) is 10.7. The van der Waals surface area contributed by atoms with Gasteiger partial charge >= 0.3 is 5.97 Å². The Bertz CT molecular complexity index is 1350. The van der Waals surface area contributed by atoms with E-state index >= 15 is 0 Å². The number of methoxy groups -OCH3 is 1. The molecule has 1 aromatic heterocycles. The van der Waals surface area contributed by atoms with Crippen LogP contribution in [0.3, 0.4) is 0 Å². The Morgan fingerprint density at radius 2 is 1.59 bits per heavy atom. The Balaban J connectivity index is 1.56. The van der Waals surface area contributed by atoms with E-state index in [0.717, 1.165) is 33.7 Å². The van der Waals surface area contributed by atoms with Gasteiger partial charge in [0.05, 0.1) is 23.9 Å². The van der Waals surface area contributed by atoms with Crippen LogP contribution in [0.5, 0.6) is 5.75 Å². The van der Waals surface area contributed by atoms with Gasteiger partial charge in [0.2, 0.25) is 0 Å². The number of anilines is 1. The molecule has 0 saturated carbocycles. The first-order valence-electron chi connectivity index (χ1n) is 10.9. The number of esters is 1. The van der Waals surface area contributed by atoms with Gasteiger partial charge in [0.1, 0.15) is 5.75 Å². The molecule has 1 amide bonds. The minimum Gasteiger partial charge on any atom is -0.497 e. The first kappa shape index (κ1) is 23.0. The second kappa shape index (κ2) is 9.75. The Morgan fingerprint density at radius 3 is 2.26 bits per heavy atom. The monoisotopic (exact) mass is 454 g/mol. The lowest BCUT2D eigenvalue weighted by atomic mass is 10.0. The molecule has 1 heterocycles. The number of hydrogen-bond donors (Lipinski definition) is 1. The summed E-state index contributed by atoms with van der Waals surface area (Å²) in [5.74, 6) is -0.243. The van der Waals surface area contributed by atoms with E-state index in [0.29, 0.717) is 22.2 Å². The van der Waals surface area contributed by atoms with E-state index in [1.54, 1.807) is 13.2 Å². The Labute approximate surface area is 198 Å². The lowest BCUT2D eigenvalue weighted by Crippen LogP contribution is -2.22. The van der Waals surface area contributed by atoms with Crippen molar-refractivity contribution in [3.05, 3.63) is 89.0 Å². The third-order valence-electron chi connectivity index (χ3n) is 5.60. The van der Waals surface area contributed by atoms with Crippen LogP contribution in [-0.4, -0.2) is 30.6 Å². The van der Waals surface area contributed by atoms with Gasteiger partial charge in [0.25, 0.3) is 5.91 Å². The molecular weight excluding hydrogens is 428 g/mol. The number of para-hydroxylation sites is 1. The van der Waals surface area contributed by atoms with Gasteiger partial charge in [-0.05, 0) is 68.3 Å². The molecule has 0 spiro atoms. The van der Waals surface area contributed by atoms with Crippen molar-refractivity contribution in [3.63, 3.8) is 0 Å². The molecule has 4 rings (SSSR count). The van der Waals surface area contributed by atoms with E-state index in [-0.39, 0.29) is 6.61 Å². The average Bonchev–Trinajstić information content (AvgIpc) is 2.84. The number of ether oxygens (including phenoxy) is 2. The molecule has 0 radical (unpaired) electrons. The van der Waals surface area contributed by atoms with Gasteiger partial charge < -0.3 is 14.8 Å². The summed E-state index contributed by atoms with van der Waals surface area (Å²) in [5, 5.41) is 3.52. The Kier molecular flexibility index (Phi) is 6.59. The molecule has 34 heavy (non-hydrogen) atoms. The zero-order chi connectivity index (χ0) is 24.2. The Hall–Kier alpha value is -4.19. The van der Waals surface area contributed by atoms with Gasteiger partial charge in [0.15, 0.2) is 6.61 Å². The van der Waals surface area contributed by atoms with Crippen molar-refractivity contribution in [2.45, 2.75) is 20.8 Å². The van der Waals surface area contributed by atoms with Gasteiger partial charge in [-0.2, -0.15) is 0 Å². The zero-order valence-electron chi connectivity index (χ0n) is 19.6. The predicted octanol–water partition coefficient (Wildman–Crippen LogP) is 5.63. The van der Waals surface area contributed by atoms with Gasteiger partial charge in [0, 0.05) is 16.6 Å². The molecule has 0 atom stereocenters. The molecular formula is C28H26N2O4. The van der Waals surface area contributed by atoms with Crippen LogP contribution in [0.25, 0.3) is 22.2 Å². The van der Waals surface area contributed by atoms with Crippen LogP contribution in [0.1, 0.15) is 27.0 Å². The van der Waals surface area contributed by atoms with E-state index < -0.39 is 11.9 Å². The maximum absolute atomic E-state index is 13.0. The fourth-order valence-electron chi connectivity index (χ4n) is 4.02. The standard InChI is InChI=1S/C28H26N2O4/c1-17-13-18(2)27(19(3)14-17)30-26(31)16-34-28(32)23-15-25(20-9-11-21(33-4)12-10-20)29-24-8-6-5-7-22(23)24/h5-15H,16H2,1-4H3,(H,30,31). The molecule has 172 valence electrons. The smallest absolute Gasteiger partial charge is 0.339 e. The van der Waals surface area contributed by atoms with Crippen molar-refractivity contribution in [3.8, 4) is 17.0 Å². The lowest BCUT2D eigenvalue weighted by Gasteiger charge is -2.13. The summed E-state index contributed by atoms with van der Waals surface area (Å²) in [6.07, 6.45) is 0. The number of aromatic nitrogens is 1. The molecule has 0 fully saturated rings. The van der Waals surface area contributed by atoms with Crippen LogP contribution >= 0.6 is 0 Å². The molecule has 1 N–H and O–H groups in total. The highest BCUT2D eigenvalue weighted by Crippen LogP contribution is 2.27. The first-order chi connectivity index (χ1) is 16.4. The number of fused-ring (bicyclic) bond motifs is 1. The highest BCUT2D eigenvalue weighted by atomic mass is 16.5. The summed E-state index contributed by atoms with van der Waals surface area (Å²) in [6.45, 7) is 5.49. The van der Waals surface area contributed by atoms with Crippen molar-refractivity contribution in [2.75, 3.05) is 19.0 Å². The third kappa shape index (κ3) is 4.91. The number of amides is 1. The molecule has 6 heteroatoms. The van der Waals surface area contributed by atoms with E-state index in [9.17, 15) is 9.59 Å². The molecule has 6 nitrogen and oxygen atoms in total. The molecule has 3 aromatic carbocycles. The predicted molar refractivity (Wildman–Crippen MR) is 133 cm³/mol. The summed E-state index contributed by atoms with van der Waals surface area (Å²) in [4.78, 5) is 30.3. The molecule has 0 unspecified atom stereocenters. The average molecular weight is 455 g/mol. The third-order valence-corrected chi connectivity index (χ3v) is 5.60. The second-order valence-electron chi connectivity index (χ2n) is 8.20. The Morgan fingerprint density at radius 1 is 0.912 bits per heavy atom. The van der Waals surface area contributed by atoms with E-state index in [1.165, 1.54) is 0 Å². The number of pyridine rings is 1. The quantitative estimate of drug-likeness (QED) is 0.382. The van der Waals surface area contributed by atoms with Crippen LogP contribution in [0.2, 0.25) is 0 Å². The number of benzene rings is 3. The minimum atomic E-state index is -0.583. The fraction of sp³-hybridized carbons (Fsp3) is 0.179. The SMILES string of the molecule is COc1ccc(-c2cc(C(=O)OCC(=O)Nc3c(C)cc(C)cc3C)c3ccccc3n2)cc1. The number of hydrogen-bond acceptors (Lipinski definition) is 5. The molecule has 4 aromatic rings. The fourth-order valence-corrected chi connectivity index (χ4v) is 4.02. The first-order valence-corrected chi connectivity index (χ1v) is 10.9. The van der Waals surface area contributed by atoms with Crippen LogP contribution in [0, 0.1) is 20.8 Å². The molecule has 0 bridgehead atoms. The highest BCUT2D eigenvalue weighted by Gasteiger charge is 2.17. The summed E-state index contributed by atoms with van der Waals surface area (Å²) in [6, 6.07) is 20.5. The van der Waals surface area contributed by atoms with E-state index in [4.69, 9.17) is 14.5 Å². The van der Waals surface area contributed by atoms with E-state index in [2.05, 4.69) is 5.32 Å². The van der Waals surface area contributed by atoms with Gasteiger partial charge in [-0.1, -0.05) is 35.9 Å². The topological polar surface area (TPSA) is 77.5 Å². The maximum Gasteiger partial charge on any atom is 0.339 e. The van der Waals surface area contributed by atoms with Crippen LogP contribution in [0.4, 0.5) is 5.69 Å². The van der Waals surface area contributed by atoms with Gasteiger partial charge in [-0.3, -0.25) is 4.79 Å². The van der Waals surface area contributed by atoms with Crippen molar-refractivity contribution in [1.82, 2.24) is 4.98 Å². The van der Waals surface area contributed by atoms with Crippen molar-refractivity contribution < 1.29 is 19.1 Å². The van der Waals surface area contributed by atoms with Crippen molar-refractivity contribution in [2.24, 2.45) is 0 Å². The minimum absolute atomic E-state index is 0.354. The van der Waals surface area contributed by atoms with Gasteiger partial charge in [-0.15, -0.1) is 0 Å². The zero-order valence-corrected chi connectivity index (χ0v) is 19.6. The van der Waals surface area contributed by atoms with Crippen LogP contribution in [-0.2, 0) is 9.53 Å². The molecule has 0 aliphatic rings. The number of rotatable bonds is 6. The van der Waals surface area contributed by atoms with Gasteiger partial charge in [-0.25, -0.2) is 9.78 Å². The highest BCUT2D eigenvalue weighted by molar-refractivity contribution is 6.05. The number of nitrogens with zero attached hydrogens (tertiary/aromatic N) is 1. The van der Waals surface area contributed by atoms with E-state index in [1.807, 2.05) is 81.4 Å². The second-order valence-corrected chi connectivity index (χ2v) is 8.20. The summed E-state index contributed by atoms with van der Waals surface area (Å²) < 4.78 is 10.6. The largest absolute Gasteiger partial charge is 0.497 e. The number of nitrogens with one attached hydrogen (secondary N) is 1. The molecule has 0 aliphatic carbocycles. The van der Waals surface area contributed by atoms with Crippen LogP contribution in [0.15, 0.2) is 66.7 Å². The molecule has 0 saturated heterocycles.